The van der Waals surface area contributed by atoms with Crippen LogP contribution >= 0.6 is 11.6 Å². The van der Waals surface area contributed by atoms with E-state index in [9.17, 15) is 5.11 Å². The van der Waals surface area contributed by atoms with Crippen LogP contribution in [0.2, 0.25) is 5.02 Å². The number of hydrogen-bond acceptors (Lipinski definition) is 2. The summed E-state index contributed by atoms with van der Waals surface area (Å²) in [5.74, 6) is 0. The molecule has 0 bridgehead atoms. The number of benzene rings is 1. The van der Waals surface area contributed by atoms with Gasteiger partial charge in [-0.05, 0) is 37.5 Å². The smallest absolute Gasteiger partial charge is 0.0938 e. The summed E-state index contributed by atoms with van der Waals surface area (Å²) in [4.78, 5) is 0. The predicted octanol–water partition coefficient (Wildman–Crippen LogP) is 3.84. The molecule has 0 aliphatic carbocycles. The normalized spacial score (nSPS) is 13.6. The molecule has 1 rings (SSSR count). The van der Waals surface area contributed by atoms with Crippen LogP contribution in [0.4, 0.5) is 0 Å². The van der Waals surface area contributed by atoms with Crippen LogP contribution in [-0.2, 0) is 11.2 Å². The maximum absolute atomic E-state index is 10.5. The molecule has 0 aliphatic heterocycles. The summed E-state index contributed by atoms with van der Waals surface area (Å²) in [7, 11) is 0. The Hall–Kier alpha value is -0.570. The van der Waals surface area contributed by atoms with Gasteiger partial charge >= 0.3 is 0 Å². The lowest BCUT2D eigenvalue weighted by Gasteiger charge is -2.36. The zero-order chi connectivity index (χ0) is 13.6. The Morgan fingerprint density at radius 2 is 1.72 bits per heavy atom. The van der Waals surface area contributed by atoms with Crippen LogP contribution in [0.15, 0.2) is 24.3 Å². The van der Waals surface area contributed by atoms with Crippen molar-refractivity contribution in [2.75, 3.05) is 6.61 Å². The Morgan fingerprint density at radius 3 is 2.17 bits per heavy atom. The minimum absolute atomic E-state index is 0.436. The lowest BCUT2D eigenvalue weighted by atomic mass is 9.86. The first-order valence-electron chi connectivity index (χ1n) is 6.64. The molecule has 0 saturated heterocycles. The van der Waals surface area contributed by atoms with Gasteiger partial charge < -0.3 is 9.84 Å². The molecule has 1 atom stereocenters. The molecule has 0 fully saturated rings. The molecule has 18 heavy (non-hydrogen) atoms. The van der Waals surface area contributed by atoms with Crippen molar-refractivity contribution in [1.29, 1.82) is 0 Å². The summed E-state index contributed by atoms with van der Waals surface area (Å²) >= 11 is 5.86. The van der Waals surface area contributed by atoms with E-state index in [1.54, 1.807) is 0 Å². The van der Waals surface area contributed by atoms with Crippen LogP contribution in [0.25, 0.3) is 0 Å². The van der Waals surface area contributed by atoms with Crippen LogP contribution in [0.3, 0.4) is 0 Å². The van der Waals surface area contributed by atoms with E-state index in [0.29, 0.717) is 13.0 Å². The number of rotatable bonds is 7. The summed E-state index contributed by atoms with van der Waals surface area (Å²) in [5.41, 5.74) is 0.645. The van der Waals surface area contributed by atoms with Gasteiger partial charge in [0.15, 0.2) is 0 Å². The molecule has 102 valence electrons. The van der Waals surface area contributed by atoms with Gasteiger partial charge in [0, 0.05) is 18.1 Å². The summed E-state index contributed by atoms with van der Waals surface area (Å²) in [6.45, 7) is 6.71. The minimum Gasteiger partial charge on any atom is -0.390 e. The SMILES string of the molecule is CCOC(CC)(CC)C(O)Cc1ccc(Cl)cc1. The van der Waals surface area contributed by atoms with Crippen molar-refractivity contribution < 1.29 is 9.84 Å². The third-order valence-corrected chi connectivity index (χ3v) is 3.83. The summed E-state index contributed by atoms with van der Waals surface area (Å²) in [5, 5.41) is 11.2. The molecule has 1 unspecified atom stereocenters. The van der Waals surface area contributed by atoms with Crippen LogP contribution < -0.4 is 0 Å². The fraction of sp³-hybridized carbons (Fsp3) is 0.600. The van der Waals surface area contributed by atoms with Gasteiger partial charge in [-0.15, -0.1) is 0 Å². The van der Waals surface area contributed by atoms with Crippen molar-refractivity contribution in [1.82, 2.24) is 0 Å². The first kappa shape index (κ1) is 15.5. The number of aliphatic hydroxyl groups is 1. The van der Waals surface area contributed by atoms with E-state index in [4.69, 9.17) is 16.3 Å². The summed E-state index contributed by atoms with van der Waals surface area (Å²) in [6, 6.07) is 7.61. The average Bonchev–Trinajstić information content (AvgIpc) is 2.38. The van der Waals surface area contributed by atoms with E-state index < -0.39 is 11.7 Å². The second-order valence-corrected chi connectivity index (χ2v) is 4.99. The summed E-state index contributed by atoms with van der Waals surface area (Å²) < 4.78 is 5.81. The van der Waals surface area contributed by atoms with E-state index in [-0.39, 0.29) is 0 Å². The zero-order valence-electron chi connectivity index (χ0n) is 11.4. The first-order valence-corrected chi connectivity index (χ1v) is 7.02. The molecule has 2 nitrogen and oxygen atoms in total. The Balaban J connectivity index is 2.77. The Kier molecular flexibility index (Phi) is 6.13. The second kappa shape index (κ2) is 7.13. The minimum atomic E-state index is -0.492. The van der Waals surface area contributed by atoms with Gasteiger partial charge in [-0.3, -0.25) is 0 Å². The molecule has 0 aliphatic rings. The van der Waals surface area contributed by atoms with Gasteiger partial charge in [-0.1, -0.05) is 37.6 Å². The van der Waals surface area contributed by atoms with E-state index in [2.05, 4.69) is 13.8 Å². The van der Waals surface area contributed by atoms with Crippen LogP contribution in [-0.4, -0.2) is 23.4 Å². The molecule has 0 spiro atoms. The van der Waals surface area contributed by atoms with E-state index in [0.717, 1.165) is 23.4 Å². The number of halogens is 1. The van der Waals surface area contributed by atoms with Crippen LogP contribution in [0.5, 0.6) is 0 Å². The second-order valence-electron chi connectivity index (χ2n) is 4.55. The molecule has 1 N–H and O–H groups in total. The molecule has 0 saturated carbocycles. The third kappa shape index (κ3) is 3.71. The van der Waals surface area contributed by atoms with Crippen LogP contribution in [0, 0.1) is 0 Å². The molecule has 0 radical (unpaired) electrons. The van der Waals surface area contributed by atoms with E-state index in [1.165, 1.54) is 0 Å². The highest BCUT2D eigenvalue weighted by Gasteiger charge is 2.35. The standard InChI is InChI=1S/C15H23ClO2/c1-4-15(5-2,18-6-3)14(17)11-12-7-9-13(16)10-8-12/h7-10,14,17H,4-6,11H2,1-3H3. The fourth-order valence-electron chi connectivity index (χ4n) is 2.34. The van der Waals surface area contributed by atoms with Gasteiger partial charge in [0.2, 0.25) is 0 Å². The zero-order valence-corrected chi connectivity index (χ0v) is 12.2. The monoisotopic (exact) mass is 270 g/mol. The maximum Gasteiger partial charge on any atom is 0.0938 e. The van der Waals surface area contributed by atoms with E-state index >= 15 is 0 Å². The molecule has 0 heterocycles. The topological polar surface area (TPSA) is 29.5 Å². The molecular weight excluding hydrogens is 248 g/mol. The van der Waals surface area contributed by atoms with Crippen molar-refractivity contribution in [2.24, 2.45) is 0 Å². The Labute approximate surface area is 115 Å². The lowest BCUT2D eigenvalue weighted by Crippen LogP contribution is -2.45. The van der Waals surface area contributed by atoms with Crippen LogP contribution in [0.1, 0.15) is 39.2 Å². The molecule has 0 amide bonds. The summed E-state index contributed by atoms with van der Waals surface area (Å²) in [6.07, 6.45) is 1.73. The van der Waals surface area contributed by atoms with Crippen molar-refractivity contribution in [3.8, 4) is 0 Å². The largest absolute Gasteiger partial charge is 0.390 e. The molecule has 3 heteroatoms. The van der Waals surface area contributed by atoms with Crippen molar-refractivity contribution in [2.45, 2.75) is 51.7 Å². The number of aliphatic hydroxyl groups excluding tert-OH is 1. The van der Waals surface area contributed by atoms with Crippen molar-refractivity contribution in [3.63, 3.8) is 0 Å². The highest BCUT2D eigenvalue weighted by molar-refractivity contribution is 6.30. The lowest BCUT2D eigenvalue weighted by molar-refractivity contribution is -0.124. The van der Waals surface area contributed by atoms with Gasteiger partial charge in [0.25, 0.3) is 0 Å². The first-order chi connectivity index (χ1) is 8.57. The maximum atomic E-state index is 10.5. The van der Waals surface area contributed by atoms with Gasteiger partial charge in [-0.25, -0.2) is 0 Å². The highest BCUT2D eigenvalue weighted by Crippen LogP contribution is 2.27. The van der Waals surface area contributed by atoms with Gasteiger partial charge in [0.05, 0.1) is 11.7 Å². The molecule has 1 aromatic carbocycles. The average molecular weight is 271 g/mol. The molecule has 1 aromatic rings. The quantitative estimate of drug-likeness (QED) is 0.816. The molecular formula is C15H23ClO2. The number of ether oxygens (including phenoxy) is 1. The fourth-order valence-corrected chi connectivity index (χ4v) is 2.46. The molecule has 0 aromatic heterocycles. The van der Waals surface area contributed by atoms with E-state index in [1.807, 2.05) is 31.2 Å². The third-order valence-electron chi connectivity index (χ3n) is 3.58. The Morgan fingerprint density at radius 1 is 1.17 bits per heavy atom. The van der Waals surface area contributed by atoms with Crippen molar-refractivity contribution >= 4 is 11.6 Å². The van der Waals surface area contributed by atoms with Gasteiger partial charge in [-0.2, -0.15) is 0 Å². The predicted molar refractivity (Wildman–Crippen MR) is 76.1 cm³/mol. The van der Waals surface area contributed by atoms with Gasteiger partial charge in [0.1, 0.15) is 0 Å². The highest BCUT2D eigenvalue weighted by atomic mass is 35.5. The Bertz CT molecular complexity index is 344. The van der Waals surface area contributed by atoms with Crippen molar-refractivity contribution in [3.05, 3.63) is 34.9 Å². The number of hydrogen-bond donors (Lipinski definition) is 1.